The Kier molecular flexibility index (Phi) is 4.84. The molecule has 0 spiro atoms. The van der Waals surface area contributed by atoms with Gasteiger partial charge in [-0.1, -0.05) is 61.7 Å². The molecule has 2 nitrogen and oxygen atoms in total. The number of benzene rings is 1. The van der Waals surface area contributed by atoms with Crippen LogP contribution >= 0.6 is 0 Å². The molecule has 2 unspecified atom stereocenters. The summed E-state index contributed by atoms with van der Waals surface area (Å²) < 4.78 is 5.81. The number of esters is 1. The van der Waals surface area contributed by atoms with Crippen molar-refractivity contribution in [1.82, 2.24) is 0 Å². The first-order chi connectivity index (χ1) is 12.3. The quantitative estimate of drug-likeness (QED) is 0.405. The van der Waals surface area contributed by atoms with E-state index in [0.717, 1.165) is 24.0 Å². The first-order valence-electron chi connectivity index (χ1n) is 9.46. The van der Waals surface area contributed by atoms with Gasteiger partial charge in [-0.25, -0.2) is 0 Å². The highest BCUT2D eigenvalue weighted by Gasteiger charge is 2.70. The van der Waals surface area contributed by atoms with E-state index in [2.05, 4.69) is 19.8 Å². The molecule has 1 aromatic rings. The molecule has 0 bridgehead atoms. The maximum Gasteiger partial charge on any atom is 0.318 e. The molecule has 2 heteroatoms. The molecule has 1 aromatic carbocycles. The smallest absolute Gasteiger partial charge is 0.318 e. The summed E-state index contributed by atoms with van der Waals surface area (Å²) in [7, 11) is 0. The standard InChI is InChI=1S/C24H28O2/c1-6-20(17(2)16-18-12-8-7-9-13-18)26-22(25)24(5)21(23(24,3)4)19-14-10-11-15-19/h1,7-9,12-13,16,20H,10-11,14-15H2,2-5H3. The van der Waals surface area contributed by atoms with Crippen LogP contribution in [0.5, 0.6) is 0 Å². The minimum Gasteiger partial charge on any atom is -0.444 e. The number of rotatable bonds is 4. The predicted molar refractivity (Wildman–Crippen MR) is 106 cm³/mol. The maximum absolute atomic E-state index is 13.1. The van der Waals surface area contributed by atoms with E-state index in [4.69, 9.17) is 11.2 Å². The lowest BCUT2D eigenvalue weighted by Crippen LogP contribution is -2.26. The number of carbonyl (C=O) groups is 1. The minimum absolute atomic E-state index is 0.139. The summed E-state index contributed by atoms with van der Waals surface area (Å²) in [5.41, 5.74) is 3.97. The van der Waals surface area contributed by atoms with Crippen molar-refractivity contribution in [2.75, 3.05) is 0 Å². The molecular formula is C24H28O2. The van der Waals surface area contributed by atoms with Crippen molar-refractivity contribution < 1.29 is 9.53 Å². The number of terminal acetylenes is 1. The minimum atomic E-state index is -0.634. The Morgan fingerprint density at radius 1 is 1.19 bits per heavy atom. The van der Waals surface area contributed by atoms with Gasteiger partial charge in [0.05, 0.1) is 5.41 Å². The molecule has 26 heavy (non-hydrogen) atoms. The molecule has 0 radical (unpaired) electrons. The van der Waals surface area contributed by atoms with Crippen molar-refractivity contribution in [3.63, 3.8) is 0 Å². The van der Waals surface area contributed by atoms with Crippen LogP contribution in [0.25, 0.3) is 6.08 Å². The topological polar surface area (TPSA) is 26.3 Å². The molecule has 2 fully saturated rings. The molecular weight excluding hydrogens is 320 g/mol. The number of ether oxygens (including phenoxy) is 1. The Balaban J connectivity index is 1.79. The van der Waals surface area contributed by atoms with Gasteiger partial charge in [0.2, 0.25) is 0 Å². The Morgan fingerprint density at radius 2 is 1.81 bits per heavy atom. The van der Waals surface area contributed by atoms with Crippen molar-refractivity contribution in [3.05, 3.63) is 52.6 Å². The zero-order valence-corrected chi connectivity index (χ0v) is 16.3. The lowest BCUT2D eigenvalue weighted by atomic mass is 9.98. The summed E-state index contributed by atoms with van der Waals surface area (Å²) >= 11 is 0. The largest absolute Gasteiger partial charge is 0.444 e. The van der Waals surface area contributed by atoms with Crippen molar-refractivity contribution >= 4 is 12.0 Å². The van der Waals surface area contributed by atoms with Gasteiger partial charge in [-0.2, -0.15) is 0 Å². The fourth-order valence-corrected chi connectivity index (χ4v) is 4.42. The van der Waals surface area contributed by atoms with Crippen molar-refractivity contribution in [2.45, 2.75) is 59.5 Å². The second kappa shape index (κ2) is 6.80. The molecule has 0 N–H and O–H groups in total. The normalized spacial score (nSPS) is 25.6. The van der Waals surface area contributed by atoms with Crippen LogP contribution in [0.4, 0.5) is 0 Å². The Morgan fingerprint density at radius 3 is 2.38 bits per heavy atom. The Bertz CT molecular complexity index is 796. The van der Waals surface area contributed by atoms with Gasteiger partial charge in [0, 0.05) is 5.41 Å². The van der Waals surface area contributed by atoms with Crippen LogP contribution in [-0.2, 0) is 9.53 Å². The van der Waals surface area contributed by atoms with E-state index in [1.165, 1.54) is 24.0 Å². The zero-order valence-electron chi connectivity index (χ0n) is 16.3. The number of carbonyl (C=O) groups excluding carboxylic acids is 1. The molecule has 0 aliphatic heterocycles. The van der Waals surface area contributed by atoms with Crippen LogP contribution in [-0.4, -0.2) is 12.1 Å². The van der Waals surface area contributed by atoms with Crippen LogP contribution in [0.2, 0.25) is 0 Å². The SMILES string of the molecule is C#CC(OC(=O)C1(C)C(=C2CCCC2)C1(C)C)C(C)=Cc1ccccc1. The fourth-order valence-electron chi connectivity index (χ4n) is 4.42. The average molecular weight is 348 g/mol. The van der Waals surface area contributed by atoms with Crippen LogP contribution in [0.15, 0.2) is 47.1 Å². The third kappa shape index (κ3) is 3.01. The van der Waals surface area contributed by atoms with Gasteiger partial charge >= 0.3 is 5.97 Å². The Hall–Kier alpha value is -2.27. The van der Waals surface area contributed by atoms with Gasteiger partial charge in [0.1, 0.15) is 0 Å². The monoisotopic (exact) mass is 348 g/mol. The van der Waals surface area contributed by atoms with E-state index in [-0.39, 0.29) is 11.4 Å². The predicted octanol–water partition coefficient (Wildman–Crippen LogP) is 5.55. The second-order valence-electron chi connectivity index (χ2n) is 8.19. The van der Waals surface area contributed by atoms with Crippen molar-refractivity contribution in [2.24, 2.45) is 10.8 Å². The van der Waals surface area contributed by atoms with Crippen LogP contribution < -0.4 is 0 Å². The fraction of sp³-hybridized carbons (Fsp3) is 0.458. The zero-order chi connectivity index (χ0) is 18.9. The highest BCUT2D eigenvalue weighted by Crippen LogP contribution is 2.71. The first kappa shape index (κ1) is 18.5. The lowest BCUT2D eigenvalue weighted by molar-refractivity contribution is -0.152. The summed E-state index contributed by atoms with van der Waals surface area (Å²) in [6.07, 6.45) is 11.7. The van der Waals surface area contributed by atoms with Gasteiger partial charge < -0.3 is 4.74 Å². The average Bonchev–Trinajstić information content (AvgIpc) is 2.98. The van der Waals surface area contributed by atoms with E-state index in [0.29, 0.717) is 0 Å². The summed E-state index contributed by atoms with van der Waals surface area (Å²) in [4.78, 5) is 13.1. The van der Waals surface area contributed by atoms with Crippen molar-refractivity contribution in [3.8, 4) is 12.3 Å². The van der Waals surface area contributed by atoms with Gasteiger partial charge in [0.15, 0.2) is 6.10 Å². The van der Waals surface area contributed by atoms with Crippen LogP contribution in [0, 0.1) is 23.2 Å². The van der Waals surface area contributed by atoms with Gasteiger partial charge in [0.25, 0.3) is 0 Å². The number of hydrogen-bond acceptors (Lipinski definition) is 2. The summed E-state index contributed by atoms with van der Waals surface area (Å²) in [5.74, 6) is 2.44. The van der Waals surface area contributed by atoms with Crippen LogP contribution in [0.3, 0.4) is 0 Å². The Labute approximate surface area is 157 Å². The maximum atomic E-state index is 13.1. The lowest BCUT2D eigenvalue weighted by Gasteiger charge is -2.18. The molecule has 136 valence electrons. The molecule has 0 saturated heterocycles. The van der Waals surface area contributed by atoms with E-state index < -0.39 is 11.5 Å². The number of hydrogen-bond donors (Lipinski definition) is 0. The van der Waals surface area contributed by atoms with E-state index >= 15 is 0 Å². The van der Waals surface area contributed by atoms with E-state index in [1.807, 2.05) is 50.3 Å². The molecule has 2 aliphatic carbocycles. The summed E-state index contributed by atoms with van der Waals surface area (Å²) in [5, 5.41) is 0. The van der Waals surface area contributed by atoms with Crippen LogP contribution in [0.1, 0.15) is 58.9 Å². The van der Waals surface area contributed by atoms with E-state index in [1.54, 1.807) is 0 Å². The van der Waals surface area contributed by atoms with E-state index in [9.17, 15) is 4.79 Å². The van der Waals surface area contributed by atoms with Gasteiger partial charge in [-0.15, -0.1) is 6.42 Å². The molecule has 3 rings (SSSR count). The highest BCUT2D eigenvalue weighted by atomic mass is 16.5. The van der Waals surface area contributed by atoms with Gasteiger partial charge in [-0.3, -0.25) is 4.79 Å². The third-order valence-corrected chi connectivity index (χ3v) is 6.27. The summed E-state index contributed by atoms with van der Waals surface area (Å²) in [6, 6.07) is 9.94. The second-order valence-corrected chi connectivity index (χ2v) is 8.19. The first-order valence-corrected chi connectivity index (χ1v) is 9.46. The molecule has 2 aliphatic rings. The highest BCUT2D eigenvalue weighted by molar-refractivity contribution is 5.90. The molecule has 0 aromatic heterocycles. The summed E-state index contributed by atoms with van der Waals surface area (Å²) in [6.45, 7) is 8.22. The third-order valence-electron chi connectivity index (χ3n) is 6.27. The molecule has 2 saturated carbocycles. The number of allylic oxidation sites excluding steroid dienone is 1. The van der Waals surface area contributed by atoms with Gasteiger partial charge in [-0.05, 0) is 56.2 Å². The molecule has 0 amide bonds. The molecule has 2 atom stereocenters. The van der Waals surface area contributed by atoms with Crippen molar-refractivity contribution in [1.29, 1.82) is 0 Å². The molecule has 0 heterocycles.